The molecular weight excluding hydrogens is 223 g/mol. The van der Waals surface area contributed by atoms with Gasteiger partial charge in [-0.2, -0.15) is 0 Å². The maximum Gasteiger partial charge on any atom is 1.00 e. The van der Waals surface area contributed by atoms with Crippen LogP contribution in [0.5, 0.6) is 0 Å². The van der Waals surface area contributed by atoms with Gasteiger partial charge in [-0.3, -0.25) is 0 Å². The Morgan fingerprint density at radius 1 is 1.00 bits per heavy atom. The predicted molar refractivity (Wildman–Crippen MR) is 8.34 cm³/mol. The van der Waals surface area contributed by atoms with E-state index in [0.717, 1.165) is 0 Å². The molecule has 0 aromatic rings. The molecule has 0 saturated carbocycles. The second-order valence-electron chi connectivity index (χ2n) is 0. The Hall–Kier alpha value is 1.21. The standard InChI is InChI=1S/Li.2H2O.W.H/h;2*1H2;;/q+1;;;;-1. The molecule has 4 N–H and O–H groups in total. The molecule has 0 rings (SSSR count). The van der Waals surface area contributed by atoms with Crippen molar-refractivity contribution in [1.29, 1.82) is 0 Å². The van der Waals surface area contributed by atoms with Crippen LogP contribution in [0.3, 0.4) is 0 Å². The molecule has 0 aromatic carbocycles. The summed E-state index contributed by atoms with van der Waals surface area (Å²) in [5.41, 5.74) is 0. The van der Waals surface area contributed by atoms with Crippen LogP contribution in [0.4, 0.5) is 0 Å². The van der Waals surface area contributed by atoms with Crippen LogP contribution in [0, 0.1) is 0 Å². The first-order chi connectivity index (χ1) is 0. The van der Waals surface area contributed by atoms with Crippen molar-refractivity contribution in [2.24, 2.45) is 0 Å². The van der Waals surface area contributed by atoms with E-state index >= 15 is 0 Å². The SMILES string of the molecule is O.O.[H-].[Li+].[W]. The normalized spacial score (nSPS) is 0. The van der Waals surface area contributed by atoms with Gasteiger partial charge in [-0.25, -0.2) is 0 Å². The minimum Gasteiger partial charge on any atom is -1.00 e. The van der Waals surface area contributed by atoms with Crippen molar-refractivity contribution >= 4 is 0 Å². The Kier molecular flexibility index (Phi) is 471. The third kappa shape index (κ3) is 10.7. The van der Waals surface area contributed by atoms with E-state index in [1.54, 1.807) is 0 Å². The summed E-state index contributed by atoms with van der Waals surface area (Å²) in [5, 5.41) is 0. The van der Waals surface area contributed by atoms with Gasteiger partial charge < -0.3 is 12.4 Å². The van der Waals surface area contributed by atoms with Crippen LogP contribution in [0.25, 0.3) is 0 Å². The Morgan fingerprint density at radius 2 is 1.00 bits per heavy atom. The monoisotopic (exact) mass is 228 g/mol. The first kappa shape index (κ1) is 63.3. The molecule has 4 heteroatoms. The molecule has 0 bridgehead atoms. The summed E-state index contributed by atoms with van der Waals surface area (Å²) >= 11 is 0. The van der Waals surface area contributed by atoms with E-state index in [9.17, 15) is 0 Å². The molecule has 0 radical (unpaired) electrons. The molecule has 0 aromatic heterocycles. The molecule has 2 nitrogen and oxygen atoms in total. The minimum atomic E-state index is 0. The van der Waals surface area contributed by atoms with E-state index in [1.807, 2.05) is 0 Å². The van der Waals surface area contributed by atoms with Gasteiger partial charge in [-0.05, 0) is 0 Å². The number of rotatable bonds is 0. The summed E-state index contributed by atoms with van der Waals surface area (Å²) in [6, 6.07) is 0. The van der Waals surface area contributed by atoms with Gasteiger partial charge in [0.25, 0.3) is 0 Å². The van der Waals surface area contributed by atoms with Crippen molar-refractivity contribution < 1.29 is 52.3 Å². The Labute approximate surface area is 52.5 Å². The van der Waals surface area contributed by atoms with Crippen molar-refractivity contribution in [2.45, 2.75) is 0 Å². The summed E-state index contributed by atoms with van der Waals surface area (Å²) in [6.45, 7) is 0. The van der Waals surface area contributed by atoms with E-state index < -0.39 is 0 Å². The van der Waals surface area contributed by atoms with Crippen molar-refractivity contribution in [2.75, 3.05) is 0 Å². The smallest absolute Gasteiger partial charge is 1.00 e. The van der Waals surface area contributed by atoms with Crippen LogP contribution in [-0.2, 0) is 21.1 Å². The molecule has 0 unspecified atom stereocenters. The van der Waals surface area contributed by atoms with Gasteiger partial charge in [0.1, 0.15) is 0 Å². The Bertz CT molecular complexity index is 9.61. The second-order valence-corrected chi connectivity index (χ2v) is 0. The van der Waals surface area contributed by atoms with Crippen molar-refractivity contribution in [1.82, 2.24) is 0 Å². The zero-order chi connectivity index (χ0) is 0. The van der Waals surface area contributed by atoms with Crippen molar-refractivity contribution in [3.8, 4) is 0 Å². The van der Waals surface area contributed by atoms with Gasteiger partial charge in [0.05, 0.1) is 0 Å². The van der Waals surface area contributed by atoms with Gasteiger partial charge >= 0.3 is 18.9 Å². The molecule has 0 aliphatic heterocycles. The molecule has 0 atom stereocenters. The molecule has 0 saturated heterocycles. The first-order valence-electron chi connectivity index (χ1n) is 0. The van der Waals surface area contributed by atoms with Crippen molar-refractivity contribution in [3.63, 3.8) is 0 Å². The molecule has 0 aliphatic carbocycles. The topological polar surface area (TPSA) is 63.0 Å². The summed E-state index contributed by atoms with van der Waals surface area (Å²) in [7, 11) is 0. The predicted octanol–water partition coefficient (Wildman–Crippen LogP) is -4.54. The van der Waals surface area contributed by atoms with Crippen LogP contribution in [0.15, 0.2) is 0 Å². The zero-order valence-corrected chi connectivity index (χ0v) is 5.34. The van der Waals surface area contributed by atoms with Gasteiger partial charge in [0.2, 0.25) is 0 Å². The van der Waals surface area contributed by atoms with E-state index in [2.05, 4.69) is 0 Å². The summed E-state index contributed by atoms with van der Waals surface area (Å²) < 4.78 is 0. The van der Waals surface area contributed by atoms with Crippen LogP contribution < -0.4 is 18.9 Å². The number of hydrogen-bond donors (Lipinski definition) is 0. The minimum absolute atomic E-state index is 0. The fourth-order valence-corrected chi connectivity index (χ4v) is 0. The molecule has 24 valence electrons. The van der Waals surface area contributed by atoms with Gasteiger partial charge in [-0.1, -0.05) is 0 Å². The molecule has 0 heterocycles. The fourth-order valence-electron chi connectivity index (χ4n) is 0. The average molecular weight is 228 g/mol. The third-order valence-electron chi connectivity index (χ3n) is 0. The average Bonchev–Trinajstić information content (AvgIpc) is 0. The van der Waals surface area contributed by atoms with Crippen LogP contribution >= 0.6 is 0 Å². The summed E-state index contributed by atoms with van der Waals surface area (Å²) in [5.74, 6) is 0. The van der Waals surface area contributed by atoms with Crippen LogP contribution in [0.1, 0.15) is 1.43 Å². The van der Waals surface area contributed by atoms with Gasteiger partial charge in [0, 0.05) is 21.1 Å². The summed E-state index contributed by atoms with van der Waals surface area (Å²) in [4.78, 5) is 0. The first-order valence-corrected chi connectivity index (χ1v) is 0. The zero-order valence-electron chi connectivity index (χ0n) is 3.41. The molecule has 4 heavy (non-hydrogen) atoms. The maximum atomic E-state index is 0. The third-order valence-corrected chi connectivity index (χ3v) is 0. The van der Waals surface area contributed by atoms with Gasteiger partial charge in [0.15, 0.2) is 0 Å². The van der Waals surface area contributed by atoms with Crippen LogP contribution in [0.2, 0.25) is 0 Å². The fraction of sp³-hybridized carbons (Fsp3) is 0. The number of hydrogen-bond acceptors (Lipinski definition) is 0. The van der Waals surface area contributed by atoms with E-state index in [0.29, 0.717) is 0 Å². The molecule has 0 aliphatic rings. The Morgan fingerprint density at radius 3 is 1.00 bits per heavy atom. The van der Waals surface area contributed by atoms with E-state index in [1.165, 1.54) is 0 Å². The van der Waals surface area contributed by atoms with E-state index in [4.69, 9.17) is 0 Å². The second kappa shape index (κ2) is 29.7. The maximum absolute atomic E-state index is 0. The largest absolute Gasteiger partial charge is 1.00 e. The molecular formula is H5LiO2W. The van der Waals surface area contributed by atoms with Crippen LogP contribution in [-0.4, -0.2) is 11.0 Å². The van der Waals surface area contributed by atoms with Crippen molar-refractivity contribution in [3.05, 3.63) is 0 Å². The Balaban J connectivity index is 0. The molecule has 0 amide bonds. The molecule has 0 fully saturated rings. The molecule has 0 spiro atoms. The quantitative estimate of drug-likeness (QED) is 0.375. The van der Waals surface area contributed by atoms with E-state index in [-0.39, 0.29) is 52.3 Å². The summed E-state index contributed by atoms with van der Waals surface area (Å²) in [6.07, 6.45) is 0. The van der Waals surface area contributed by atoms with Gasteiger partial charge in [-0.15, -0.1) is 0 Å².